The molecule has 0 N–H and O–H groups in total. The molecule has 0 aliphatic carbocycles. The van der Waals surface area contributed by atoms with Crippen molar-refractivity contribution in [2.75, 3.05) is 13.1 Å². The number of hydrogen-bond acceptors (Lipinski definition) is 2. The number of morpholine rings is 1. The maximum absolute atomic E-state index is 5.89. The van der Waals surface area contributed by atoms with E-state index in [1.165, 1.54) is 0 Å². The third kappa shape index (κ3) is 4.98. The molecule has 1 rings (SSSR count). The standard InChI is InChI=1S/C11H23NO.C2H6/c1-8(2)11-7-12(9(3)4)6-10(5)13-11;1-2/h8-11H,6-7H2,1-5H3;1-2H3. The van der Waals surface area contributed by atoms with Gasteiger partial charge in [-0.1, -0.05) is 27.7 Å². The lowest BCUT2D eigenvalue weighted by Crippen LogP contribution is -2.50. The van der Waals surface area contributed by atoms with E-state index in [-0.39, 0.29) is 0 Å². The molecular weight excluding hydrogens is 186 g/mol. The Labute approximate surface area is 96.0 Å². The predicted molar refractivity (Wildman–Crippen MR) is 67.2 cm³/mol. The van der Waals surface area contributed by atoms with Crippen LogP contribution >= 0.6 is 0 Å². The summed E-state index contributed by atoms with van der Waals surface area (Å²) in [6, 6.07) is 0.646. The summed E-state index contributed by atoms with van der Waals surface area (Å²) >= 11 is 0. The van der Waals surface area contributed by atoms with Gasteiger partial charge < -0.3 is 4.74 Å². The van der Waals surface area contributed by atoms with E-state index < -0.39 is 0 Å². The van der Waals surface area contributed by atoms with Gasteiger partial charge in [-0.2, -0.15) is 0 Å². The second kappa shape index (κ2) is 7.24. The minimum absolute atomic E-state index is 0.392. The van der Waals surface area contributed by atoms with Crippen LogP contribution in [0.4, 0.5) is 0 Å². The van der Waals surface area contributed by atoms with Crippen molar-refractivity contribution in [2.45, 2.75) is 66.7 Å². The van der Waals surface area contributed by atoms with E-state index in [9.17, 15) is 0 Å². The van der Waals surface area contributed by atoms with E-state index in [2.05, 4.69) is 39.5 Å². The van der Waals surface area contributed by atoms with Crippen LogP contribution in [0.5, 0.6) is 0 Å². The molecule has 0 spiro atoms. The van der Waals surface area contributed by atoms with E-state index in [1.54, 1.807) is 0 Å². The summed E-state index contributed by atoms with van der Waals surface area (Å²) in [5.41, 5.74) is 0. The van der Waals surface area contributed by atoms with Gasteiger partial charge in [-0.05, 0) is 26.7 Å². The van der Waals surface area contributed by atoms with Gasteiger partial charge in [0, 0.05) is 19.1 Å². The zero-order valence-electron chi connectivity index (χ0n) is 11.6. The van der Waals surface area contributed by atoms with Crippen LogP contribution in [0.1, 0.15) is 48.5 Å². The van der Waals surface area contributed by atoms with Crippen molar-refractivity contribution in [1.29, 1.82) is 0 Å². The number of hydrogen-bond donors (Lipinski definition) is 0. The van der Waals surface area contributed by atoms with Crippen LogP contribution in [0.15, 0.2) is 0 Å². The highest BCUT2D eigenvalue weighted by molar-refractivity contribution is 4.79. The van der Waals surface area contributed by atoms with Gasteiger partial charge in [-0.3, -0.25) is 4.90 Å². The van der Waals surface area contributed by atoms with Gasteiger partial charge in [-0.15, -0.1) is 0 Å². The smallest absolute Gasteiger partial charge is 0.0729 e. The monoisotopic (exact) mass is 215 g/mol. The van der Waals surface area contributed by atoms with Gasteiger partial charge in [0.2, 0.25) is 0 Å². The Kier molecular flexibility index (Phi) is 7.20. The minimum atomic E-state index is 0.392. The van der Waals surface area contributed by atoms with Crippen LogP contribution in [0.3, 0.4) is 0 Å². The zero-order chi connectivity index (χ0) is 12.0. The van der Waals surface area contributed by atoms with Crippen molar-refractivity contribution in [3.8, 4) is 0 Å². The predicted octanol–water partition coefficient (Wildman–Crippen LogP) is 3.17. The fraction of sp³-hybridized carbons (Fsp3) is 1.00. The van der Waals surface area contributed by atoms with Crippen molar-refractivity contribution in [3.63, 3.8) is 0 Å². The van der Waals surface area contributed by atoms with Crippen molar-refractivity contribution in [3.05, 3.63) is 0 Å². The minimum Gasteiger partial charge on any atom is -0.372 e. The second-order valence-electron chi connectivity index (χ2n) is 4.78. The highest BCUT2D eigenvalue weighted by atomic mass is 16.5. The molecule has 1 heterocycles. The van der Waals surface area contributed by atoms with E-state index >= 15 is 0 Å². The van der Waals surface area contributed by atoms with Gasteiger partial charge in [-0.25, -0.2) is 0 Å². The molecule has 2 unspecified atom stereocenters. The SMILES string of the molecule is CC.CC1CN(C(C)C)CC(C(C)C)O1. The molecule has 15 heavy (non-hydrogen) atoms. The normalized spacial score (nSPS) is 27.8. The van der Waals surface area contributed by atoms with Crippen molar-refractivity contribution in [1.82, 2.24) is 4.90 Å². The molecular formula is C13H29NO. The van der Waals surface area contributed by atoms with Crippen molar-refractivity contribution in [2.24, 2.45) is 5.92 Å². The number of rotatable bonds is 2. The Morgan fingerprint density at radius 2 is 1.60 bits per heavy atom. The van der Waals surface area contributed by atoms with Crippen molar-refractivity contribution < 1.29 is 4.74 Å². The van der Waals surface area contributed by atoms with Crippen LogP contribution in [-0.2, 0) is 4.74 Å². The highest BCUT2D eigenvalue weighted by Gasteiger charge is 2.28. The Morgan fingerprint density at radius 3 is 2.00 bits per heavy atom. The summed E-state index contributed by atoms with van der Waals surface area (Å²) in [7, 11) is 0. The average molecular weight is 215 g/mol. The Bertz CT molecular complexity index is 141. The van der Waals surface area contributed by atoms with Gasteiger partial charge >= 0.3 is 0 Å². The molecule has 1 saturated heterocycles. The lowest BCUT2D eigenvalue weighted by molar-refractivity contribution is -0.102. The van der Waals surface area contributed by atoms with Gasteiger partial charge in [0.15, 0.2) is 0 Å². The van der Waals surface area contributed by atoms with Crippen LogP contribution in [0, 0.1) is 5.92 Å². The molecule has 92 valence electrons. The Hall–Kier alpha value is -0.0800. The fourth-order valence-electron chi connectivity index (χ4n) is 1.81. The maximum Gasteiger partial charge on any atom is 0.0729 e. The molecule has 2 heteroatoms. The fourth-order valence-corrected chi connectivity index (χ4v) is 1.81. The summed E-state index contributed by atoms with van der Waals surface area (Å²) in [6.45, 7) is 17.3. The molecule has 1 aliphatic heterocycles. The van der Waals surface area contributed by atoms with Crippen LogP contribution in [-0.4, -0.2) is 36.2 Å². The second-order valence-corrected chi connectivity index (χ2v) is 4.78. The first-order chi connectivity index (χ1) is 7.00. The molecule has 0 amide bonds. The van der Waals surface area contributed by atoms with Crippen LogP contribution < -0.4 is 0 Å². The molecule has 2 nitrogen and oxygen atoms in total. The lowest BCUT2D eigenvalue weighted by Gasteiger charge is -2.40. The molecule has 2 atom stereocenters. The first kappa shape index (κ1) is 14.9. The lowest BCUT2D eigenvalue weighted by atomic mass is 10.0. The van der Waals surface area contributed by atoms with E-state index in [0.717, 1.165) is 13.1 Å². The third-order valence-corrected chi connectivity index (χ3v) is 2.79. The molecule has 0 saturated carbocycles. The molecule has 0 aromatic rings. The highest BCUT2D eigenvalue weighted by Crippen LogP contribution is 2.18. The molecule has 1 fully saturated rings. The van der Waals surface area contributed by atoms with Gasteiger partial charge in [0.25, 0.3) is 0 Å². The molecule has 0 aromatic carbocycles. The molecule has 0 aromatic heterocycles. The molecule has 1 aliphatic rings. The van der Waals surface area contributed by atoms with Crippen LogP contribution in [0.25, 0.3) is 0 Å². The van der Waals surface area contributed by atoms with E-state index in [0.29, 0.717) is 24.2 Å². The molecule has 0 bridgehead atoms. The van der Waals surface area contributed by atoms with Crippen LogP contribution in [0.2, 0.25) is 0 Å². The molecule has 0 radical (unpaired) electrons. The summed E-state index contributed by atoms with van der Waals surface area (Å²) in [4.78, 5) is 2.51. The van der Waals surface area contributed by atoms with Gasteiger partial charge in [0.05, 0.1) is 12.2 Å². The first-order valence-electron chi connectivity index (χ1n) is 6.40. The summed E-state index contributed by atoms with van der Waals surface area (Å²) in [5.74, 6) is 0.629. The van der Waals surface area contributed by atoms with Gasteiger partial charge in [0.1, 0.15) is 0 Å². The zero-order valence-corrected chi connectivity index (χ0v) is 11.6. The van der Waals surface area contributed by atoms with E-state index in [4.69, 9.17) is 4.74 Å². The quantitative estimate of drug-likeness (QED) is 0.701. The largest absolute Gasteiger partial charge is 0.372 e. The third-order valence-electron chi connectivity index (χ3n) is 2.79. The van der Waals surface area contributed by atoms with E-state index in [1.807, 2.05) is 13.8 Å². The first-order valence-corrected chi connectivity index (χ1v) is 6.40. The Morgan fingerprint density at radius 1 is 1.07 bits per heavy atom. The Balaban J connectivity index is 0.000000921. The summed E-state index contributed by atoms with van der Waals surface area (Å²) in [6.07, 6.45) is 0.815. The average Bonchev–Trinajstić information content (AvgIpc) is 2.19. The maximum atomic E-state index is 5.89. The number of nitrogens with zero attached hydrogens (tertiary/aromatic N) is 1. The topological polar surface area (TPSA) is 12.5 Å². The van der Waals surface area contributed by atoms with Crippen molar-refractivity contribution >= 4 is 0 Å². The number of ether oxygens (including phenoxy) is 1. The summed E-state index contributed by atoms with van der Waals surface area (Å²) < 4.78 is 5.89. The summed E-state index contributed by atoms with van der Waals surface area (Å²) in [5, 5.41) is 0.